The van der Waals surface area contributed by atoms with Crippen LogP contribution in [0.15, 0.2) is 42.7 Å². The van der Waals surface area contributed by atoms with Crippen molar-refractivity contribution in [2.24, 2.45) is 12.5 Å². The number of amides is 1. The Morgan fingerprint density at radius 2 is 1.98 bits per heavy atom. The average molecular weight is 570 g/mol. The van der Waals surface area contributed by atoms with Gasteiger partial charge < -0.3 is 24.6 Å². The molecular formula is C30H34F3N5O3. The summed E-state index contributed by atoms with van der Waals surface area (Å²) in [5, 5.41) is 21.3. The third kappa shape index (κ3) is 4.73. The van der Waals surface area contributed by atoms with Gasteiger partial charge in [0.25, 0.3) is 5.91 Å². The number of hydrogen-bond donors (Lipinski definition) is 2. The Bertz CT molecular complexity index is 1450. The fraction of sp³-hybridized carbons (Fsp3) is 0.500. The molecule has 6 rings (SSSR count). The van der Waals surface area contributed by atoms with Crippen LogP contribution < -0.4 is 10.2 Å². The molecule has 0 bridgehead atoms. The van der Waals surface area contributed by atoms with Gasteiger partial charge in [0, 0.05) is 50.5 Å². The van der Waals surface area contributed by atoms with Gasteiger partial charge in [0.15, 0.2) is 0 Å². The second-order valence-corrected chi connectivity index (χ2v) is 11.8. The number of aliphatic hydroxyl groups is 1. The predicted molar refractivity (Wildman–Crippen MR) is 145 cm³/mol. The van der Waals surface area contributed by atoms with Gasteiger partial charge in [-0.2, -0.15) is 13.2 Å². The number of hydrogen-bond acceptors (Lipinski definition) is 6. The predicted octanol–water partition coefficient (Wildman–Crippen LogP) is 4.34. The topological polar surface area (TPSA) is 92.5 Å². The van der Waals surface area contributed by atoms with Crippen molar-refractivity contribution in [2.45, 2.75) is 62.9 Å². The fourth-order valence-electron chi connectivity index (χ4n) is 6.69. The third-order valence-corrected chi connectivity index (χ3v) is 9.32. The molecule has 0 saturated heterocycles. The summed E-state index contributed by atoms with van der Waals surface area (Å²) in [5.41, 5.74) is 0.465. The molecule has 0 unspecified atom stereocenters. The number of fused-ring (bicyclic) bond motifs is 1. The number of aryl methyl sites for hydroxylation is 1. The summed E-state index contributed by atoms with van der Waals surface area (Å²) < 4.78 is 50.1. The molecule has 2 N–H and O–H groups in total. The Morgan fingerprint density at radius 1 is 1.20 bits per heavy atom. The number of aromatic nitrogens is 3. The van der Waals surface area contributed by atoms with Gasteiger partial charge in [-0.05, 0) is 66.6 Å². The van der Waals surface area contributed by atoms with Gasteiger partial charge in [-0.25, -0.2) is 0 Å². The van der Waals surface area contributed by atoms with E-state index in [9.17, 15) is 23.1 Å². The molecule has 1 aromatic heterocycles. The minimum Gasteiger partial charge on any atom is -0.396 e. The molecular weight excluding hydrogens is 535 g/mol. The van der Waals surface area contributed by atoms with Crippen LogP contribution in [0.25, 0.3) is 0 Å². The van der Waals surface area contributed by atoms with Crippen LogP contribution in [0.3, 0.4) is 0 Å². The third-order valence-electron chi connectivity index (χ3n) is 9.32. The highest BCUT2D eigenvalue weighted by atomic mass is 19.4. The van der Waals surface area contributed by atoms with Crippen molar-refractivity contribution in [3.8, 4) is 0 Å². The lowest BCUT2D eigenvalue weighted by Crippen LogP contribution is -2.48. The standard InChI is InChI=1S/C30H34F3N5O3/c1-37-18-35-36-27(37)29(12-22(13-29)41-2)20-5-3-6-21(11-20)38-15-24-23(26(38)40)9-19(10-25(24)30(31,32)33)14-34-16-28(17-39)7-4-8-28/h3,5-6,9-11,18,22,34,39H,4,7-8,12-17H2,1-2H3/t22-,29-. The maximum atomic E-state index is 14.2. The van der Waals surface area contributed by atoms with Crippen LogP contribution in [0.5, 0.6) is 0 Å². The second-order valence-electron chi connectivity index (χ2n) is 11.8. The molecule has 11 heteroatoms. The number of nitrogens with zero attached hydrogens (tertiary/aromatic N) is 4. The van der Waals surface area contributed by atoms with Gasteiger partial charge in [0.05, 0.1) is 23.6 Å². The quantitative estimate of drug-likeness (QED) is 0.399. The molecule has 1 aliphatic heterocycles. The van der Waals surface area contributed by atoms with Crippen LogP contribution in [0.2, 0.25) is 0 Å². The largest absolute Gasteiger partial charge is 0.416 e. The maximum absolute atomic E-state index is 14.2. The highest BCUT2D eigenvalue weighted by molar-refractivity contribution is 6.10. The van der Waals surface area contributed by atoms with Crippen molar-refractivity contribution in [2.75, 3.05) is 25.2 Å². The number of methoxy groups -OCH3 is 1. The van der Waals surface area contributed by atoms with E-state index in [1.54, 1.807) is 25.6 Å². The summed E-state index contributed by atoms with van der Waals surface area (Å²) in [4.78, 5) is 15.1. The number of alkyl halides is 3. The summed E-state index contributed by atoms with van der Waals surface area (Å²) in [5.74, 6) is 0.326. The number of nitrogens with one attached hydrogen (secondary N) is 1. The van der Waals surface area contributed by atoms with Crippen molar-refractivity contribution in [1.82, 2.24) is 20.1 Å². The molecule has 2 aliphatic carbocycles. The van der Waals surface area contributed by atoms with E-state index < -0.39 is 23.1 Å². The van der Waals surface area contributed by atoms with E-state index in [1.807, 2.05) is 29.8 Å². The van der Waals surface area contributed by atoms with Crippen LogP contribution >= 0.6 is 0 Å². The SMILES string of the molecule is CO[C@H]1C[C@](c2cccc(N3Cc4c(cc(CNCC5(CO)CCC5)cc4C(F)(F)F)C3=O)c2)(c2nncn2C)C1. The molecule has 0 atom stereocenters. The lowest BCUT2D eigenvalue weighted by atomic mass is 9.62. The first-order chi connectivity index (χ1) is 19.6. The Hall–Kier alpha value is -3.28. The minimum atomic E-state index is -4.60. The summed E-state index contributed by atoms with van der Waals surface area (Å²) in [6.45, 7) is 0.591. The smallest absolute Gasteiger partial charge is 0.396 e. The Labute approximate surface area is 236 Å². The molecule has 2 aromatic carbocycles. The lowest BCUT2D eigenvalue weighted by Gasteiger charge is -2.46. The Balaban J connectivity index is 1.30. The molecule has 1 amide bonds. The van der Waals surface area contributed by atoms with Gasteiger partial charge in [-0.1, -0.05) is 18.6 Å². The van der Waals surface area contributed by atoms with E-state index in [4.69, 9.17) is 4.74 Å². The summed E-state index contributed by atoms with van der Waals surface area (Å²) in [6, 6.07) is 10.2. The molecule has 8 nitrogen and oxygen atoms in total. The van der Waals surface area contributed by atoms with Crippen LogP contribution in [0, 0.1) is 5.41 Å². The van der Waals surface area contributed by atoms with Crippen molar-refractivity contribution in [1.29, 1.82) is 0 Å². The van der Waals surface area contributed by atoms with Crippen molar-refractivity contribution in [3.05, 3.63) is 76.4 Å². The van der Waals surface area contributed by atoms with E-state index in [1.165, 1.54) is 4.90 Å². The van der Waals surface area contributed by atoms with E-state index in [0.29, 0.717) is 30.6 Å². The fourth-order valence-corrected chi connectivity index (χ4v) is 6.69. The lowest BCUT2D eigenvalue weighted by molar-refractivity contribution is -0.138. The number of carbonyl (C=O) groups excluding carboxylic acids is 1. The first-order valence-corrected chi connectivity index (χ1v) is 13.9. The Morgan fingerprint density at radius 3 is 2.59 bits per heavy atom. The molecule has 2 heterocycles. The molecule has 0 radical (unpaired) electrons. The van der Waals surface area contributed by atoms with E-state index in [0.717, 1.165) is 36.7 Å². The highest BCUT2D eigenvalue weighted by Crippen LogP contribution is 2.50. The summed E-state index contributed by atoms with van der Waals surface area (Å²) >= 11 is 0. The maximum Gasteiger partial charge on any atom is 0.416 e. The molecule has 218 valence electrons. The van der Waals surface area contributed by atoms with Crippen molar-refractivity contribution < 1.29 is 27.8 Å². The summed E-state index contributed by atoms with van der Waals surface area (Å²) in [7, 11) is 3.55. The normalized spacial score (nSPS) is 23.3. The first-order valence-electron chi connectivity index (χ1n) is 13.9. The first kappa shape index (κ1) is 27.9. The number of rotatable bonds is 9. The van der Waals surface area contributed by atoms with E-state index in [-0.39, 0.29) is 42.3 Å². The number of carbonyl (C=O) groups is 1. The Kier molecular flexibility index (Phi) is 6.94. The zero-order valence-corrected chi connectivity index (χ0v) is 23.2. The molecule has 2 fully saturated rings. The number of anilines is 1. The average Bonchev–Trinajstić information content (AvgIpc) is 3.48. The number of aliphatic hydroxyl groups excluding tert-OH is 1. The molecule has 41 heavy (non-hydrogen) atoms. The molecule has 0 spiro atoms. The van der Waals surface area contributed by atoms with Crippen molar-refractivity contribution >= 4 is 11.6 Å². The minimum absolute atomic E-state index is 0.00594. The molecule has 2 saturated carbocycles. The van der Waals surface area contributed by atoms with Gasteiger partial charge in [0.1, 0.15) is 12.2 Å². The summed E-state index contributed by atoms with van der Waals surface area (Å²) in [6.07, 6.45) is 1.27. The number of benzene rings is 2. The van der Waals surface area contributed by atoms with Crippen LogP contribution in [0.1, 0.15) is 70.5 Å². The van der Waals surface area contributed by atoms with Gasteiger partial charge >= 0.3 is 6.18 Å². The molecule has 3 aliphatic rings. The second kappa shape index (κ2) is 10.2. The van der Waals surface area contributed by atoms with Gasteiger partial charge in [-0.3, -0.25) is 4.79 Å². The van der Waals surface area contributed by atoms with Crippen LogP contribution in [-0.2, 0) is 36.5 Å². The van der Waals surface area contributed by atoms with Crippen LogP contribution in [0.4, 0.5) is 18.9 Å². The zero-order chi connectivity index (χ0) is 29.0. The monoisotopic (exact) mass is 569 g/mol. The number of halogens is 3. The van der Waals surface area contributed by atoms with Gasteiger partial charge in [-0.15, -0.1) is 10.2 Å². The zero-order valence-electron chi connectivity index (χ0n) is 23.2. The molecule has 3 aromatic rings. The van der Waals surface area contributed by atoms with Crippen LogP contribution in [-0.4, -0.2) is 52.1 Å². The van der Waals surface area contributed by atoms with E-state index in [2.05, 4.69) is 15.5 Å². The highest BCUT2D eigenvalue weighted by Gasteiger charge is 2.50. The van der Waals surface area contributed by atoms with Crippen molar-refractivity contribution in [3.63, 3.8) is 0 Å². The number of ether oxygens (including phenoxy) is 1. The van der Waals surface area contributed by atoms with Gasteiger partial charge in [0.2, 0.25) is 0 Å². The van der Waals surface area contributed by atoms with E-state index >= 15 is 0 Å².